The Morgan fingerprint density at radius 1 is 0.950 bits per heavy atom. The molecule has 20 heteroatoms. The molecular formula is C20H21N3O13S4. The van der Waals surface area contributed by atoms with E-state index in [0.717, 1.165) is 18.2 Å². The van der Waals surface area contributed by atoms with Crippen molar-refractivity contribution in [2.75, 3.05) is 25.2 Å². The van der Waals surface area contributed by atoms with Gasteiger partial charge in [0.25, 0.3) is 20.2 Å². The molecule has 0 aromatic heterocycles. The van der Waals surface area contributed by atoms with Gasteiger partial charge in [-0.2, -0.15) is 16.8 Å². The van der Waals surface area contributed by atoms with E-state index in [1.165, 1.54) is 32.2 Å². The Kier molecular flexibility index (Phi) is 9.72. The largest absolute Gasteiger partial charge is 0.494 e. The SMILES string of the molecule is COc1cc(S(=O)(=O)CCOSOOO)c(C)cc1N=Nc1c(N)c(S(=O)(=O)O)cc2cc(S(=O)(=O)O)ccc12. The highest BCUT2D eigenvalue weighted by Crippen LogP contribution is 2.41. The van der Waals surface area contributed by atoms with Crippen LogP contribution >= 0.6 is 12.3 Å². The van der Waals surface area contributed by atoms with Crippen molar-refractivity contribution in [3.05, 3.63) is 42.0 Å². The fourth-order valence-corrected chi connectivity index (χ4v) is 6.34. The van der Waals surface area contributed by atoms with E-state index in [4.69, 9.17) is 19.9 Å². The first-order valence-electron chi connectivity index (χ1n) is 10.5. The summed E-state index contributed by atoms with van der Waals surface area (Å²) in [7, 11) is -12.2. The molecule has 0 saturated heterocycles. The number of benzene rings is 3. The zero-order chi connectivity index (χ0) is 29.9. The molecule has 0 bridgehead atoms. The van der Waals surface area contributed by atoms with E-state index in [0.29, 0.717) is 0 Å². The molecular weight excluding hydrogens is 618 g/mol. The van der Waals surface area contributed by atoms with E-state index in [9.17, 15) is 34.4 Å². The molecule has 0 fully saturated rings. The number of fused-ring (bicyclic) bond motifs is 1. The monoisotopic (exact) mass is 639 g/mol. The van der Waals surface area contributed by atoms with Crippen molar-refractivity contribution in [2.45, 2.75) is 21.6 Å². The van der Waals surface area contributed by atoms with Crippen LogP contribution < -0.4 is 10.5 Å². The number of ether oxygens (including phenoxy) is 1. The van der Waals surface area contributed by atoms with Crippen molar-refractivity contribution in [1.29, 1.82) is 0 Å². The van der Waals surface area contributed by atoms with E-state index in [2.05, 4.69) is 19.6 Å². The lowest BCUT2D eigenvalue weighted by atomic mass is 10.1. The van der Waals surface area contributed by atoms with Gasteiger partial charge in [0.15, 0.2) is 22.2 Å². The first-order chi connectivity index (χ1) is 18.6. The van der Waals surface area contributed by atoms with Gasteiger partial charge in [0.1, 0.15) is 22.0 Å². The maximum Gasteiger partial charge on any atom is 0.296 e. The normalized spacial score (nSPS) is 12.8. The molecule has 0 spiro atoms. The van der Waals surface area contributed by atoms with E-state index in [1.807, 2.05) is 0 Å². The third-order valence-electron chi connectivity index (χ3n) is 5.27. The standard InChI is InChI=1S/C20H21N3O13S4/c1-11-7-15(16(33-2)10-17(11)38(25,26)6-5-34-37-36-35-24)22-23-20-14-4-3-13(39(27,28)29)8-12(14)9-18(19(20)21)40(30,31)32/h3-4,7-10,24H,5-6,21H2,1-2H3,(H,27,28,29)(H,30,31,32). The van der Waals surface area contributed by atoms with E-state index in [-0.39, 0.29) is 57.3 Å². The Bertz CT molecular complexity index is 1790. The highest BCUT2D eigenvalue weighted by molar-refractivity contribution is 7.91. The summed E-state index contributed by atoms with van der Waals surface area (Å²) in [6.07, 6.45) is 0. The number of nitrogen functional groups attached to an aromatic ring is 1. The number of sulfone groups is 1. The van der Waals surface area contributed by atoms with Crippen LogP contribution in [-0.4, -0.2) is 59.1 Å². The van der Waals surface area contributed by atoms with Gasteiger partial charge in [-0.15, -0.1) is 14.6 Å². The van der Waals surface area contributed by atoms with Gasteiger partial charge in [0, 0.05) is 11.5 Å². The summed E-state index contributed by atoms with van der Waals surface area (Å²) >= 11 is 0.220. The maximum absolute atomic E-state index is 12.8. The second kappa shape index (κ2) is 12.3. The summed E-state index contributed by atoms with van der Waals surface area (Å²) in [5, 5.41) is 19.5. The Balaban J connectivity index is 2.10. The fourth-order valence-electron chi connectivity index (χ4n) is 3.49. The second-order valence-electron chi connectivity index (χ2n) is 7.81. The number of rotatable bonds is 12. The van der Waals surface area contributed by atoms with Crippen molar-refractivity contribution in [3.63, 3.8) is 0 Å². The van der Waals surface area contributed by atoms with Crippen LogP contribution in [0, 0.1) is 6.92 Å². The molecule has 0 unspecified atom stereocenters. The number of methoxy groups -OCH3 is 1. The highest BCUT2D eigenvalue weighted by atomic mass is 32.2. The molecule has 0 aliphatic heterocycles. The van der Waals surface area contributed by atoms with Crippen LogP contribution in [0.5, 0.6) is 5.75 Å². The first-order valence-corrected chi connectivity index (χ1v) is 15.7. The van der Waals surface area contributed by atoms with Crippen molar-refractivity contribution >= 4 is 70.2 Å². The topological polar surface area (TPSA) is 251 Å². The maximum atomic E-state index is 12.8. The summed E-state index contributed by atoms with van der Waals surface area (Å²) in [6, 6.07) is 6.60. The first kappa shape index (κ1) is 31.6. The Hall–Kier alpha value is -2.92. The number of azo groups is 1. The molecule has 0 aliphatic carbocycles. The molecule has 16 nitrogen and oxygen atoms in total. The summed E-state index contributed by atoms with van der Waals surface area (Å²) < 4.78 is 106. The summed E-state index contributed by atoms with van der Waals surface area (Å²) in [6.45, 7) is 1.15. The molecule has 0 heterocycles. The summed E-state index contributed by atoms with van der Waals surface area (Å²) in [5.74, 6) is -0.515. The van der Waals surface area contributed by atoms with E-state index in [1.54, 1.807) is 0 Å². The summed E-state index contributed by atoms with van der Waals surface area (Å²) in [5.41, 5.74) is 5.43. The van der Waals surface area contributed by atoms with Crippen LogP contribution in [0.2, 0.25) is 0 Å². The average Bonchev–Trinajstić information content (AvgIpc) is 2.86. The molecule has 0 atom stereocenters. The van der Waals surface area contributed by atoms with Crippen LogP contribution in [0.1, 0.15) is 5.56 Å². The molecule has 3 aromatic rings. The smallest absolute Gasteiger partial charge is 0.296 e. The Labute approximate surface area is 232 Å². The van der Waals surface area contributed by atoms with Crippen LogP contribution in [0.15, 0.2) is 61.3 Å². The third kappa shape index (κ3) is 7.23. The average molecular weight is 640 g/mol. The molecule has 40 heavy (non-hydrogen) atoms. The van der Waals surface area contributed by atoms with E-state index < -0.39 is 51.3 Å². The molecule has 0 radical (unpaired) electrons. The van der Waals surface area contributed by atoms with Gasteiger partial charge in [-0.05, 0) is 42.1 Å². The molecule has 5 N–H and O–H groups in total. The molecule has 3 rings (SSSR count). The van der Waals surface area contributed by atoms with Gasteiger partial charge in [-0.1, -0.05) is 11.1 Å². The molecule has 3 aromatic carbocycles. The minimum absolute atomic E-state index is 0.0126. The zero-order valence-electron chi connectivity index (χ0n) is 20.4. The number of anilines is 1. The quantitative estimate of drug-likeness (QED) is 0.0421. The van der Waals surface area contributed by atoms with Gasteiger partial charge in [0.2, 0.25) is 0 Å². The number of nitrogens with zero attached hydrogens (tertiary/aromatic N) is 2. The van der Waals surface area contributed by atoms with Crippen LogP contribution in [0.3, 0.4) is 0 Å². The molecule has 0 saturated carbocycles. The zero-order valence-corrected chi connectivity index (χ0v) is 23.7. The second-order valence-corrected chi connectivity index (χ2v) is 13.2. The van der Waals surface area contributed by atoms with Crippen LogP contribution in [0.4, 0.5) is 17.1 Å². The van der Waals surface area contributed by atoms with Gasteiger partial charge < -0.3 is 10.5 Å². The van der Waals surface area contributed by atoms with E-state index >= 15 is 0 Å². The van der Waals surface area contributed by atoms with Crippen molar-refractivity contribution < 1.29 is 57.9 Å². The lowest BCUT2D eigenvalue weighted by Crippen LogP contribution is -2.12. The fraction of sp³-hybridized carbons (Fsp3) is 0.200. The minimum Gasteiger partial charge on any atom is -0.494 e. The van der Waals surface area contributed by atoms with Crippen LogP contribution in [0.25, 0.3) is 10.8 Å². The van der Waals surface area contributed by atoms with Crippen LogP contribution in [-0.2, 0) is 43.6 Å². The molecule has 0 amide bonds. The van der Waals surface area contributed by atoms with Gasteiger partial charge in [-0.25, -0.2) is 13.7 Å². The lowest BCUT2D eigenvalue weighted by molar-refractivity contribution is -0.434. The predicted molar refractivity (Wildman–Crippen MR) is 140 cm³/mol. The molecule has 0 aliphatic rings. The number of aryl methyl sites for hydroxylation is 1. The lowest BCUT2D eigenvalue weighted by Gasteiger charge is -2.12. The molecule has 218 valence electrons. The van der Waals surface area contributed by atoms with Crippen molar-refractivity contribution in [2.24, 2.45) is 10.2 Å². The van der Waals surface area contributed by atoms with Gasteiger partial charge in [-0.3, -0.25) is 13.3 Å². The highest BCUT2D eigenvalue weighted by Gasteiger charge is 2.23. The predicted octanol–water partition coefficient (Wildman–Crippen LogP) is 3.42. The van der Waals surface area contributed by atoms with Crippen molar-refractivity contribution in [3.8, 4) is 5.75 Å². The van der Waals surface area contributed by atoms with Gasteiger partial charge in [0.05, 0.1) is 34.9 Å². The summed E-state index contributed by atoms with van der Waals surface area (Å²) in [4.78, 5) is -1.46. The van der Waals surface area contributed by atoms with Crippen molar-refractivity contribution in [1.82, 2.24) is 0 Å². The number of hydrogen-bond acceptors (Lipinski definition) is 15. The minimum atomic E-state index is -4.90. The third-order valence-corrected chi connectivity index (χ3v) is 9.21. The number of hydrogen-bond donors (Lipinski definition) is 4. The Morgan fingerprint density at radius 2 is 1.65 bits per heavy atom. The number of nitrogens with two attached hydrogens (primary N) is 1. The van der Waals surface area contributed by atoms with Gasteiger partial charge >= 0.3 is 0 Å². The Morgan fingerprint density at radius 3 is 2.25 bits per heavy atom.